The molecule has 2 amide bonds. The van der Waals surface area contributed by atoms with Gasteiger partial charge in [-0.3, -0.25) is 9.59 Å². The Balaban J connectivity index is 1.53. The summed E-state index contributed by atoms with van der Waals surface area (Å²) in [6, 6.07) is 13.2. The molecule has 3 rings (SSSR count). The third-order valence-electron chi connectivity index (χ3n) is 4.65. The van der Waals surface area contributed by atoms with Gasteiger partial charge >= 0.3 is 0 Å². The number of likely N-dealkylation sites (tertiary alicyclic amines) is 1. The third-order valence-corrected chi connectivity index (χ3v) is 4.65. The van der Waals surface area contributed by atoms with Crippen LogP contribution in [0.4, 0.5) is 0 Å². The normalized spacial score (nSPS) is 18.1. The lowest BCUT2D eigenvalue weighted by atomic mass is 10.1. The fourth-order valence-corrected chi connectivity index (χ4v) is 3.26. The highest BCUT2D eigenvalue weighted by atomic mass is 16.3. The van der Waals surface area contributed by atoms with E-state index in [-0.39, 0.29) is 23.6 Å². The molecule has 0 aliphatic carbocycles. The molecular weight excluding hydrogens is 316 g/mol. The minimum absolute atomic E-state index is 0.0638. The topological polar surface area (TPSA) is 62.6 Å². The van der Waals surface area contributed by atoms with Gasteiger partial charge in [0.1, 0.15) is 6.04 Å². The smallest absolute Gasteiger partial charge is 0.290 e. The summed E-state index contributed by atoms with van der Waals surface area (Å²) < 4.78 is 5.18. The summed E-state index contributed by atoms with van der Waals surface area (Å²) in [4.78, 5) is 26.7. The summed E-state index contributed by atoms with van der Waals surface area (Å²) in [5.74, 6) is 0.00869. The fourth-order valence-electron chi connectivity index (χ4n) is 3.26. The highest BCUT2D eigenvalue weighted by Gasteiger charge is 2.35. The molecule has 1 aliphatic heterocycles. The molecule has 2 aromatic rings. The van der Waals surface area contributed by atoms with Crippen LogP contribution < -0.4 is 5.32 Å². The van der Waals surface area contributed by atoms with Crippen LogP contribution in [0.3, 0.4) is 0 Å². The molecule has 0 spiro atoms. The first-order valence-electron chi connectivity index (χ1n) is 8.84. The third kappa shape index (κ3) is 4.29. The first-order valence-corrected chi connectivity index (χ1v) is 8.84. The number of rotatable bonds is 6. The summed E-state index contributed by atoms with van der Waals surface area (Å²) in [7, 11) is 0. The van der Waals surface area contributed by atoms with E-state index in [0.717, 1.165) is 19.3 Å². The number of carbonyl (C=O) groups is 2. The zero-order valence-corrected chi connectivity index (χ0v) is 14.5. The predicted molar refractivity (Wildman–Crippen MR) is 95.1 cm³/mol. The van der Waals surface area contributed by atoms with Crippen molar-refractivity contribution in [3.05, 3.63) is 60.1 Å². The average Bonchev–Trinajstić information content (AvgIpc) is 3.32. The number of benzene rings is 1. The lowest BCUT2D eigenvalue weighted by Crippen LogP contribution is -2.48. The van der Waals surface area contributed by atoms with E-state index in [9.17, 15) is 9.59 Å². The predicted octanol–water partition coefficient (Wildman–Crippen LogP) is 3.02. The van der Waals surface area contributed by atoms with Gasteiger partial charge in [-0.25, -0.2) is 0 Å². The molecule has 1 aromatic heterocycles. The molecule has 1 fully saturated rings. The van der Waals surface area contributed by atoms with Crippen LogP contribution in [0.5, 0.6) is 0 Å². The first kappa shape index (κ1) is 17.3. The summed E-state index contributed by atoms with van der Waals surface area (Å²) >= 11 is 0. The van der Waals surface area contributed by atoms with Crippen molar-refractivity contribution in [2.24, 2.45) is 0 Å². The maximum absolute atomic E-state index is 12.6. The van der Waals surface area contributed by atoms with Crippen LogP contribution in [-0.2, 0) is 11.2 Å². The summed E-state index contributed by atoms with van der Waals surface area (Å²) in [6.45, 7) is 2.60. The molecule has 2 unspecified atom stereocenters. The molecule has 0 saturated carbocycles. The Morgan fingerprint density at radius 1 is 1.24 bits per heavy atom. The Morgan fingerprint density at radius 2 is 2.04 bits per heavy atom. The number of furan rings is 1. The van der Waals surface area contributed by atoms with Gasteiger partial charge in [0, 0.05) is 12.6 Å². The van der Waals surface area contributed by atoms with Crippen LogP contribution in [0.2, 0.25) is 0 Å². The minimum atomic E-state index is -0.406. The molecule has 1 aromatic carbocycles. The Kier molecular flexibility index (Phi) is 5.53. The molecule has 2 atom stereocenters. The molecule has 1 saturated heterocycles. The van der Waals surface area contributed by atoms with Crippen LogP contribution in [0.15, 0.2) is 53.1 Å². The number of nitrogens with one attached hydrogen (secondary N) is 1. The number of amides is 2. The van der Waals surface area contributed by atoms with Gasteiger partial charge in [0.2, 0.25) is 5.91 Å². The summed E-state index contributed by atoms with van der Waals surface area (Å²) in [5.41, 5.74) is 1.26. The van der Waals surface area contributed by atoms with Gasteiger partial charge in [0.25, 0.3) is 5.91 Å². The van der Waals surface area contributed by atoms with Crippen molar-refractivity contribution in [3.8, 4) is 0 Å². The molecule has 2 heterocycles. The van der Waals surface area contributed by atoms with Gasteiger partial charge in [-0.2, -0.15) is 0 Å². The van der Waals surface area contributed by atoms with Crippen molar-refractivity contribution in [1.82, 2.24) is 10.2 Å². The number of aryl methyl sites for hydroxylation is 1. The van der Waals surface area contributed by atoms with E-state index in [2.05, 4.69) is 17.4 Å². The zero-order chi connectivity index (χ0) is 17.6. The lowest BCUT2D eigenvalue weighted by Gasteiger charge is -2.25. The van der Waals surface area contributed by atoms with Crippen LogP contribution in [0.25, 0.3) is 0 Å². The van der Waals surface area contributed by atoms with Gasteiger partial charge in [0.15, 0.2) is 5.76 Å². The monoisotopic (exact) mass is 340 g/mol. The molecule has 1 aliphatic rings. The Hall–Kier alpha value is -2.56. The molecule has 0 bridgehead atoms. The Labute approximate surface area is 148 Å². The van der Waals surface area contributed by atoms with Crippen molar-refractivity contribution in [1.29, 1.82) is 0 Å². The first-order chi connectivity index (χ1) is 12.1. The van der Waals surface area contributed by atoms with E-state index in [0.29, 0.717) is 13.0 Å². The maximum Gasteiger partial charge on any atom is 0.290 e. The van der Waals surface area contributed by atoms with E-state index < -0.39 is 6.04 Å². The van der Waals surface area contributed by atoms with E-state index in [4.69, 9.17) is 4.42 Å². The molecular formula is C20H24N2O3. The second kappa shape index (κ2) is 8.01. The SMILES string of the molecule is CC(CCc1ccccc1)NC(=O)C1CCCN1C(=O)c1ccco1. The van der Waals surface area contributed by atoms with Crippen LogP contribution >= 0.6 is 0 Å². The van der Waals surface area contributed by atoms with Crippen molar-refractivity contribution < 1.29 is 14.0 Å². The van der Waals surface area contributed by atoms with Crippen molar-refractivity contribution in [3.63, 3.8) is 0 Å². The lowest BCUT2D eigenvalue weighted by molar-refractivity contribution is -0.125. The second-order valence-electron chi connectivity index (χ2n) is 6.57. The number of nitrogens with zero attached hydrogens (tertiary/aromatic N) is 1. The Bertz CT molecular complexity index is 697. The largest absolute Gasteiger partial charge is 0.459 e. The van der Waals surface area contributed by atoms with E-state index in [1.807, 2.05) is 25.1 Å². The van der Waals surface area contributed by atoms with Gasteiger partial charge in [-0.05, 0) is 50.3 Å². The van der Waals surface area contributed by atoms with Gasteiger partial charge in [-0.15, -0.1) is 0 Å². The maximum atomic E-state index is 12.6. The van der Waals surface area contributed by atoms with Crippen molar-refractivity contribution in [2.45, 2.75) is 44.7 Å². The summed E-state index contributed by atoms with van der Waals surface area (Å²) in [5, 5.41) is 3.06. The molecule has 0 radical (unpaired) electrons. The van der Waals surface area contributed by atoms with E-state index >= 15 is 0 Å². The molecule has 25 heavy (non-hydrogen) atoms. The van der Waals surface area contributed by atoms with Crippen LogP contribution in [0, 0.1) is 0 Å². The number of carbonyl (C=O) groups excluding carboxylic acids is 2. The molecule has 132 valence electrons. The molecule has 1 N–H and O–H groups in total. The van der Waals surface area contributed by atoms with E-state index in [1.165, 1.54) is 11.8 Å². The minimum Gasteiger partial charge on any atom is -0.459 e. The average molecular weight is 340 g/mol. The highest BCUT2D eigenvalue weighted by Crippen LogP contribution is 2.21. The molecule has 5 nitrogen and oxygen atoms in total. The van der Waals surface area contributed by atoms with E-state index in [1.54, 1.807) is 17.0 Å². The van der Waals surface area contributed by atoms with Crippen molar-refractivity contribution in [2.75, 3.05) is 6.54 Å². The standard InChI is InChI=1S/C20H24N2O3/c1-15(11-12-16-7-3-2-4-8-16)21-19(23)17-9-5-13-22(17)20(24)18-10-6-14-25-18/h2-4,6-8,10,14-15,17H,5,9,11-13H2,1H3,(H,21,23). The van der Waals surface area contributed by atoms with Crippen LogP contribution in [0.1, 0.15) is 42.3 Å². The fraction of sp³-hybridized carbons (Fsp3) is 0.400. The van der Waals surface area contributed by atoms with Crippen molar-refractivity contribution >= 4 is 11.8 Å². The van der Waals surface area contributed by atoms with Crippen LogP contribution in [-0.4, -0.2) is 35.3 Å². The highest BCUT2D eigenvalue weighted by molar-refractivity contribution is 5.96. The summed E-state index contributed by atoms with van der Waals surface area (Å²) in [6.07, 6.45) is 4.80. The van der Waals surface area contributed by atoms with Gasteiger partial charge < -0.3 is 14.6 Å². The zero-order valence-electron chi connectivity index (χ0n) is 14.5. The number of hydrogen-bond acceptors (Lipinski definition) is 3. The molecule has 5 heteroatoms. The van der Waals surface area contributed by atoms with Gasteiger partial charge in [0.05, 0.1) is 6.26 Å². The number of hydrogen-bond donors (Lipinski definition) is 1. The van der Waals surface area contributed by atoms with Gasteiger partial charge in [-0.1, -0.05) is 30.3 Å². The quantitative estimate of drug-likeness (QED) is 0.879. The Morgan fingerprint density at radius 3 is 2.76 bits per heavy atom. The second-order valence-corrected chi connectivity index (χ2v) is 6.57.